The molecule has 2 amide bonds. The third-order valence-corrected chi connectivity index (χ3v) is 7.74. The van der Waals surface area contributed by atoms with Gasteiger partial charge in [0, 0.05) is 55.5 Å². The largest absolute Gasteiger partial charge is 0.497 e. The normalized spacial score (nSPS) is 15.9. The van der Waals surface area contributed by atoms with Gasteiger partial charge >= 0.3 is 0 Å². The number of ether oxygens (including phenoxy) is 1. The molecule has 1 fully saturated rings. The molecule has 2 aromatic carbocycles. The van der Waals surface area contributed by atoms with Gasteiger partial charge < -0.3 is 14.5 Å². The van der Waals surface area contributed by atoms with Crippen LogP contribution in [0, 0.1) is 5.41 Å². The minimum atomic E-state index is -0.0408. The second-order valence-electron chi connectivity index (χ2n) is 11.2. The number of rotatable bonds is 9. The zero-order chi connectivity index (χ0) is 28.0. The maximum atomic E-state index is 13.0. The molecule has 1 saturated heterocycles. The van der Waals surface area contributed by atoms with Crippen LogP contribution in [-0.2, 0) is 9.59 Å². The Hall–Kier alpha value is -3.33. The fourth-order valence-corrected chi connectivity index (χ4v) is 5.67. The van der Waals surface area contributed by atoms with E-state index < -0.39 is 0 Å². The lowest BCUT2D eigenvalue weighted by Crippen LogP contribution is -2.55. The molecular formula is C30H39N5O3S. The molecule has 9 heteroatoms. The molecule has 1 aromatic heterocycles. The molecule has 1 aliphatic rings. The van der Waals surface area contributed by atoms with Crippen LogP contribution in [0.15, 0.2) is 59.8 Å². The highest BCUT2D eigenvalue weighted by atomic mass is 32.2. The number of thioether (sulfide) groups is 1. The molecule has 0 aliphatic carbocycles. The van der Waals surface area contributed by atoms with E-state index in [1.807, 2.05) is 71.3 Å². The molecule has 0 saturated carbocycles. The van der Waals surface area contributed by atoms with Gasteiger partial charge in [-0.15, -0.1) is 10.2 Å². The first kappa shape index (κ1) is 28.7. The SMILES string of the molecule is COc1cccc(-c2nnc(SCCCC(=O)N3CCN(C(=O)CC(C)(C)C)C(C)C3)n2-c2ccccc2)c1. The summed E-state index contributed by atoms with van der Waals surface area (Å²) in [4.78, 5) is 29.5. The lowest BCUT2D eigenvalue weighted by atomic mass is 9.91. The summed E-state index contributed by atoms with van der Waals surface area (Å²) in [5.41, 5.74) is 1.86. The Kier molecular flexibility index (Phi) is 9.32. The molecule has 0 N–H and O–H groups in total. The average molecular weight is 550 g/mol. The third-order valence-electron chi connectivity index (χ3n) is 6.72. The van der Waals surface area contributed by atoms with Gasteiger partial charge in [-0.2, -0.15) is 0 Å². The Morgan fingerprint density at radius 3 is 2.49 bits per heavy atom. The summed E-state index contributed by atoms with van der Waals surface area (Å²) in [5, 5.41) is 9.78. The van der Waals surface area contributed by atoms with Crippen LogP contribution in [0.2, 0.25) is 0 Å². The van der Waals surface area contributed by atoms with E-state index in [1.54, 1.807) is 18.9 Å². The molecular weight excluding hydrogens is 510 g/mol. The van der Waals surface area contributed by atoms with E-state index in [4.69, 9.17) is 4.74 Å². The minimum Gasteiger partial charge on any atom is -0.497 e. The first-order valence-electron chi connectivity index (χ1n) is 13.5. The second kappa shape index (κ2) is 12.7. The van der Waals surface area contributed by atoms with Gasteiger partial charge in [-0.05, 0) is 43.0 Å². The predicted octanol–water partition coefficient (Wildman–Crippen LogP) is 5.31. The van der Waals surface area contributed by atoms with E-state index in [0.29, 0.717) is 32.5 Å². The maximum Gasteiger partial charge on any atom is 0.223 e. The first-order valence-corrected chi connectivity index (χ1v) is 14.5. The summed E-state index contributed by atoms with van der Waals surface area (Å²) in [5.74, 6) is 2.57. The van der Waals surface area contributed by atoms with E-state index in [0.717, 1.165) is 40.2 Å². The number of hydrogen-bond donors (Lipinski definition) is 0. The highest BCUT2D eigenvalue weighted by Gasteiger charge is 2.31. The molecule has 0 spiro atoms. The topological polar surface area (TPSA) is 80.6 Å². The number of nitrogens with zero attached hydrogens (tertiary/aromatic N) is 5. The van der Waals surface area contributed by atoms with Crippen molar-refractivity contribution < 1.29 is 14.3 Å². The van der Waals surface area contributed by atoms with Gasteiger partial charge in [0.25, 0.3) is 0 Å². The lowest BCUT2D eigenvalue weighted by molar-refractivity contribution is -0.143. The van der Waals surface area contributed by atoms with Crippen LogP contribution < -0.4 is 4.74 Å². The summed E-state index contributed by atoms with van der Waals surface area (Å²) in [6.45, 7) is 10.1. The number of carbonyl (C=O) groups is 2. The van der Waals surface area contributed by atoms with Crippen LogP contribution in [0.5, 0.6) is 5.75 Å². The van der Waals surface area contributed by atoms with Gasteiger partial charge in [0.1, 0.15) is 5.75 Å². The molecule has 8 nitrogen and oxygen atoms in total. The first-order chi connectivity index (χ1) is 18.7. The van der Waals surface area contributed by atoms with Crippen molar-refractivity contribution in [3.63, 3.8) is 0 Å². The third kappa shape index (κ3) is 7.41. The molecule has 0 radical (unpaired) electrons. The van der Waals surface area contributed by atoms with Crippen molar-refractivity contribution in [2.24, 2.45) is 5.41 Å². The summed E-state index contributed by atoms with van der Waals surface area (Å²) in [7, 11) is 1.65. The Morgan fingerprint density at radius 2 is 1.79 bits per heavy atom. The van der Waals surface area contributed by atoms with Crippen molar-refractivity contribution in [1.82, 2.24) is 24.6 Å². The Bertz CT molecular complexity index is 1270. The Balaban J connectivity index is 1.35. The highest BCUT2D eigenvalue weighted by Crippen LogP contribution is 2.30. The maximum absolute atomic E-state index is 13.0. The van der Waals surface area contributed by atoms with Gasteiger partial charge in [0.15, 0.2) is 11.0 Å². The van der Waals surface area contributed by atoms with Gasteiger partial charge in [-0.3, -0.25) is 14.2 Å². The van der Waals surface area contributed by atoms with Crippen molar-refractivity contribution in [2.75, 3.05) is 32.5 Å². The van der Waals surface area contributed by atoms with Crippen molar-refractivity contribution in [3.05, 3.63) is 54.6 Å². The molecule has 1 unspecified atom stereocenters. The van der Waals surface area contributed by atoms with Crippen LogP contribution in [0.3, 0.4) is 0 Å². The Labute approximate surface area is 235 Å². The van der Waals surface area contributed by atoms with E-state index in [9.17, 15) is 9.59 Å². The van der Waals surface area contributed by atoms with Crippen LogP contribution in [-0.4, -0.2) is 74.9 Å². The summed E-state index contributed by atoms with van der Waals surface area (Å²) in [6.07, 6.45) is 1.73. The summed E-state index contributed by atoms with van der Waals surface area (Å²) in [6, 6.07) is 17.9. The van der Waals surface area contributed by atoms with Gasteiger partial charge in [0.2, 0.25) is 11.8 Å². The zero-order valence-corrected chi connectivity index (χ0v) is 24.4. The van der Waals surface area contributed by atoms with E-state index in [-0.39, 0.29) is 23.3 Å². The number of methoxy groups -OCH3 is 1. The number of benzene rings is 2. The molecule has 39 heavy (non-hydrogen) atoms. The fraction of sp³-hybridized carbons (Fsp3) is 0.467. The monoisotopic (exact) mass is 549 g/mol. The molecule has 208 valence electrons. The smallest absolute Gasteiger partial charge is 0.223 e. The predicted molar refractivity (Wildman–Crippen MR) is 155 cm³/mol. The van der Waals surface area contributed by atoms with Crippen molar-refractivity contribution in [2.45, 2.75) is 58.2 Å². The zero-order valence-electron chi connectivity index (χ0n) is 23.6. The molecule has 2 heterocycles. The molecule has 1 atom stereocenters. The van der Waals surface area contributed by atoms with Crippen molar-refractivity contribution in [1.29, 1.82) is 0 Å². The lowest BCUT2D eigenvalue weighted by Gasteiger charge is -2.41. The van der Waals surface area contributed by atoms with Crippen LogP contribution in [0.4, 0.5) is 0 Å². The fourth-order valence-electron chi connectivity index (χ4n) is 4.78. The van der Waals surface area contributed by atoms with Crippen LogP contribution in [0.1, 0.15) is 47.0 Å². The Morgan fingerprint density at radius 1 is 1.03 bits per heavy atom. The molecule has 0 bridgehead atoms. The number of carbonyl (C=O) groups excluding carboxylic acids is 2. The summed E-state index contributed by atoms with van der Waals surface area (Å²) < 4.78 is 7.46. The average Bonchev–Trinajstić information content (AvgIpc) is 3.34. The summed E-state index contributed by atoms with van der Waals surface area (Å²) >= 11 is 1.60. The van der Waals surface area contributed by atoms with Gasteiger partial charge in [-0.25, -0.2) is 0 Å². The van der Waals surface area contributed by atoms with Crippen molar-refractivity contribution in [3.8, 4) is 22.8 Å². The van der Waals surface area contributed by atoms with Crippen LogP contribution >= 0.6 is 11.8 Å². The number of amides is 2. The number of aromatic nitrogens is 3. The standard InChI is InChI=1S/C30H39N5O3S/c1-22-21-33(16-17-34(22)27(37)20-30(2,3)4)26(36)15-10-18-39-29-32-31-28(23-11-9-14-25(19-23)38-5)35(29)24-12-7-6-8-13-24/h6-9,11-14,19,22H,10,15-18,20-21H2,1-5H3. The highest BCUT2D eigenvalue weighted by molar-refractivity contribution is 7.99. The molecule has 4 rings (SSSR count). The van der Waals surface area contributed by atoms with E-state index >= 15 is 0 Å². The van der Waals surface area contributed by atoms with Gasteiger partial charge in [-0.1, -0.05) is 62.9 Å². The number of piperazine rings is 1. The molecule has 1 aliphatic heterocycles. The quantitative estimate of drug-likeness (QED) is 0.266. The van der Waals surface area contributed by atoms with E-state index in [1.165, 1.54) is 0 Å². The molecule has 3 aromatic rings. The van der Waals surface area contributed by atoms with Gasteiger partial charge in [0.05, 0.1) is 7.11 Å². The van der Waals surface area contributed by atoms with Crippen LogP contribution in [0.25, 0.3) is 17.1 Å². The second-order valence-corrected chi connectivity index (χ2v) is 12.2. The minimum absolute atomic E-state index is 0.0337. The number of hydrogen-bond acceptors (Lipinski definition) is 6. The van der Waals surface area contributed by atoms with E-state index in [2.05, 4.69) is 35.5 Å². The van der Waals surface area contributed by atoms with Crippen molar-refractivity contribution >= 4 is 23.6 Å². The number of para-hydroxylation sites is 1.